The first-order valence-corrected chi connectivity index (χ1v) is 8.77. The number of primary amides is 1. The van der Waals surface area contributed by atoms with E-state index in [2.05, 4.69) is 6.58 Å². The highest BCUT2D eigenvalue weighted by Gasteiger charge is 2.23. The van der Waals surface area contributed by atoms with Gasteiger partial charge in [-0.05, 0) is 37.7 Å². The second-order valence-electron chi connectivity index (χ2n) is 6.23. The highest BCUT2D eigenvalue weighted by molar-refractivity contribution is 5.77. The Kier molecular flexibility index (Phi) is 10.0. The lowest BCUT2D eigenvalue weighted by atomic mass is 9.90. The Morgan fingerprint density at radius 3 is 2.39 bits per heavy atom. The number of aliphatic hydroxyl groups is 1. The van der Waals surface area contributed by atoms with Crippen LogP contribution in [0.15, 0.2) is 43.0 Å². The minimum absolute atomic E-state index is 0.378. The minimum Gasteiger partial charge on any atom is -0.392 e. The smallest absolute Gasteiger partial charge is 0.223 e. The largest absolute Gasteiger partial charge is 0.392 e. The predicted molar refractivity (Wildman–Crippen MR) is 96.0 cm³/mol. The summed E-state index contributed by atoms with van der Waals surface area (Å²) >= 11 is 0. The van der Waals surface area contributed by atoms with Crippen LogP contribution in [0.5, 0.6) is 0 Å². The zero-order chi connectivity index (χ0) is 16.9. The molecule has 3 nitrogen and oxygen atoms in total. The Balaban J connectivity index is 2.27. The highest BCUT2D eigenvalue weighted by Crippen LogP contribution is 2.19. The summed E-state index contributed by atoms with van der Waals surface area (Å²) in [6.07, 6.45) is 10.0. The van der Waals surface area contributed by atoms with Crippen LogP contribution >= 0.6 is 0 Å². The summed E-state index contributed by atoms with van der Waals surface area (Å²) in [5.41, 5.74) is 6.65. The number of carbonyl (C=O) groups excluding carboxylic acids is 1. The lowest BCUT2D eigenvalue weighted by Crippen LogP contribution is -2.33. The Bertz CT molecular complexity index is 444. The number of aryl methyl sites for hydroxylation is 1. The molecule has 128 valence electrons. The maximum Gasteiger partial charge on any atom is 0.223 e. The molecule has 0 aromatic heterocycles. The fraction of sp³-hybridized carbons (Fsp3) is 0.550. The molecule has 0 saturated heterocycles. The molecule has 1 rings (SSSR count). The van der Waals surface area contributed by atoms with Gasteiger partial charge in [0.1, 0.15) is 0 Å². The van der Waals surface area contributed by atoms with E-state index in [-0.39, 0.29) is 5.91 Å². The Morgan fingerprint density at radius 2 is 1.74 bits per heavy atom. The van der Waals surface area contributed by atoms with Gasteiger partial charge in [0.2, 0.25) is 5.91 Å². The van der Waals surface area contributed by atoms with Crippen molar-refractivity contribution >= 4 is 5.91 Å². The molecular formula is C20H31NO2. The van der Waals surface area contributed by atoms with Gasteiger partial charge in [-0.2, -0.15) is 0 Å². The second kappa shape index (κ2) is 11.9. The Morgan fingerprint density at radius 1 is 1.09 bits per heavy atom. The average Bonchev–Trinajstić information content (AvgIpc) is 2.56. The molecule has 0 unspecified atom stereocenters. The zero-order valence-electron chi connectivity index (χ0n) is 14.1. The standard InChI is InChI=1S/C20H31NO2/c1-2-3-4-5-6-7-11-14-18(20(21)23)19(22)16-15-17-12-9-8-10-13-17/h2,8-10,12-13,18-19,22H,1,3-7,11,14-16H2,(H2,21,23)/t18-,19-/m1/s1. The van der Waals surface area contributed by atoms with Crippen molar-refractivity contribution in [3.8, 4) is 0 Å². The number of amides is 1. The summed E-state index contributed by atoms with van der Waals surface area (Å²) in [6.45, 7) is 3.72. The first-order chi connectivity index (χ1) is 11.1. The third-order valence-corrected chi connectivity index (χ3v) is 4.32. The maximum absolute atomic E-state index is 11.6. The minimum atomic E-state index is -0.645. The quantitative estimate of drug-likeness (QED) is 0.427. The van der Waals surface area contributed by atoms with E-state index in [0.29, 0.717) is 12.8 Å². The molecule has 1 amide bonds. The molecule has 0 aliphatic heterocycles. The van der Waals surface area contributed by atoms with E-state index < -0.39 is 12.0 Å². The molecule has 3 N–H and O–H groups in total. The number of carbonyl (C=O) groups is 1. The lowest BCUT2D eigenvalue weighted by molar-refractivity contribution is -0.125. The summed E-state index contributed by atoms with van der Waals surface area (Å²) in [6, 6.07) is 10.0. The lowest BCUT2D eigenvalue weighted by Gasteiger charge is -2.20. The van der Waals surface area contributed by atoms with Gasteiger partial charge in [0.15, 0.2) is 0 Å². The van der Waals surface area contributed by atoms with Crippen LogP contribution in [0.2, 0.25) is 0 Å². The number of rotatable bonds is 13. The van der Waals surface area contributed by atoms with Gasteiger partial charge in [-0.3, -0.25) is 4.79 Å². The topological polar surface area (TPSA) is 63.3 Å². The number of hydrogen-bond acceptors (Lipinski definition) is 2. The molecule has 2 atom stereocenters. The second-order valence-corrected chi connectivity index (χ2v) is 6.23. The van der Waals surface area contributed by atoms with E-state index in [1.807, 2.05) is 36.4 Å². The zero-order valence-corrected chi connectivity index (χ0v) is 14.1. The van der Waals surface area contributed by atoms with Crippen LogP contribution in [-0.4, -0.2) is 17.1 Å². The van der Waals surface area contributed by atoms with Crippen LogP contribution in [-0.2, 0) is 11.2 Å². The first-order valence-electron chi connectivity index (χ1n) is 8.77. The van der Waals surface area contributed by atoms with Gasteiger partial charge in [0.25, 0.3) is 0 Å². The SMILES string of the molecule is C=CCCCCCCC[C@@H](C(N)=O)[C@H](O)CCc1ccccc1. The van der Waals surface area contributed by atoms with Crippen LogP contribution in [0.4, 0.5) is 0 Å². The monoisotopic (exact) mass is 317 g/mol. The number of benzene rings is 1. The molecule has 0 spiro atoms. The van der Waals surface area contributed by atoms with Crippen molar-refractivity contribution in [1.82, 2.24) is 0 Å². The van der Waals surface area contributed by atoms with E-state index in [4.69, 9.17) is 5.73 Å². The summed E-state index contributed by atoms with van der Waals surface area (Å²) < 4.78 is 0. The molecule has 1 aromatic rings. The molecule has 23 heavy (non-hydrogen) atoms. The fourth-order valence-corrected chi connectivity index (χ4v) is 2.87. The molecule has 0 heterocycles. The first kappa shape index (κ1) is 19.4. The van der Waals surface area contributed by atoms with E-state index >= 15 is 0 Å². The third-order valence-electron chi connectivity index (χ3n) is 4.32. The molecule has 0 aliphatic carbocycles. The van der Waals surface area contributed by atoms with Gasteiger partial charge in [0.05, 0.1) is 12.0 Å². The summed E-state index contributed by atoms with van der Waals surface area (Å²) in [5.74, 6) is -0.802. The summed E-state index contributed by atoms with van der Waals surface area (Å²) in [7, 11) is 0. The van der Waals surface area contributed by atoms with Crippen molar-refractivity contribution in [2.75, 3.05) is 0 Å². The van der Waals surface area contributed by atoms with Gasteiger partial charge < -0.3 is 10.8 Å². The van der Waals surface area contributed by atoms with Crippen LogP contribution in [0, 0.1) is 5.92 Å². The molecular weight excluding hydrogens is 286 g/mol. The van der Waals surface area contributed by atoms with Gasteiger partial charge in [-0.15, -0.1) is 6.58 Å². The van der Waals surface area contributed by atoms with E-state index in [0.717, 1.165) is 25.7 Å². The number of allylic oxidation sites excluding steroid dienone is 1. The molecule has 0 fully saturated rings. The predicted octanol–water partition coefficient (Wildman–Crippen LogP) is 4.00. The van der Waals surface area contributed by atoms with Crippen molar-refractivity contribution < 1.29 is 9.90 Å². The number of hydrogen-bond donors (Lipinski definition) is 2. The van der Waals surface area contributed by atoms with Crippen LogP contribution in [0.3, 0.4) is 0 Å². The molecule has 3 heteroatoms. The van der Waals surface area contributed by atoms with Crippen molar-refractivity contribution in [2.24, 2.45) is 11.7 Å². The van der Waals surface area contributed by atoms with E-state index in [1.54, 1.807) is 0 Å². The number of aliphatic hydroxyl groups excluding tert-OH is 1. The third kappa shape index (κ3) is 8.56. The molecule has 0 saturated carbocycles. The van der Waals surface area contributed by atoms with Crippen molar-refractivity contribution in [1.29, 1.82) is 0 Å². The molecule has 1 aromatic carbocycles. The van der Waals surface area contributed by atoms with Crippen LogP contribution < -0.4 is 5.73 Å². The van der Waals surface area contributed by atoms with E-state index in [1.165, 1.54) is 24.8 Å². The Hall–Kier alpha value is -1.61. The highest BCUT2D eigenvalue weighted by atomic mass is 16.3. The fourth-order valence-electron chi connectivity index (χ4n) is 2.87. The van der Waals surface area contributed by atoms with Crippen LogP contribution in [0.25, 0.3) is 0 Å². The summed E-state index contributed by atoms with van der Waals surface area (Å²) in [5, 5.41) is 10.3. The average molecular weight is 317 g/mol. The molecule has 0 bridgehead atoms. The van der Waals surface area contributed by atoms with Gasteiger partial charge in [0, 0.05) is 0 Å². The van der Waals surface area contributed by atoms with Crippen molar-refractivity contribution in [2.45, 2.75) is 63.9 Å². The van der Waals surface area contributed by atoms with Gasteiger partial charge >= 0.3 is 0 Å². The van der Waals surface area contributed by atoms with Crippen molar-refractivity contribution in [3.05, 3.63) is 48.6 Å². The number of unbranched alkanes of at least 4 members (excludes halogenated alkanes) is 5. The van der Waals surface area contributed by atoms with Gasteiger partial charge in [-0.25, -0.2) is 0 Å². The number of nitrogens with two attached hydrogens (primary N) is 1. The maximum atomic E-state index is 11.6. The normalized spacial score (nSPS) is 13.4. The molecule has 0 aliphatic rings. The van der Waals surface area contributed by atoms with E-state index in [9.17, 15) is 9.90 Å². The van der Waals surface area contributed by atoms with Crippen LogP contribution in [0.1, 0.15) is 56.9 Å². The van der Waals surface area contributed by atoms with Crippen molar-refractivity contribution in [3.63, 3.8) is 0 Å². The Labute approximate surface area is 140 Å². The van der Waals surface area contributed by atoms with Gasteiger partial charge in [-0.1, -0.05) is 62.1 Å². The molecule has 0 radical (unpaired) electrons. The summed E-state index contributed by atoms with van der Waals surface area (Å²) in [4.78, 5) is 11.6.